The van der Waals surface area contributed by atoms with Crippen molar-refractivity contribution < 1.29 is 23.1 Å². The van der Waals surface area contributed by atoms with Crippen LogP contribution in [-0.4, -0.2) is 48.7 Å². The summed E-state index contributed by atoms with van der Waals surface area (Å²) in [6, 6.07) is 5.37. The number of halogens is 3. The maximum atomic E-state index is 12.7. The van der Waals surface area contributed by atoms with E-state index in [2.05, 4.69) is 4.90 Å². The van der Waals surface area contributed by atoms with Crippen LogP contribution in [0.2, 0.25) is 0 Å². The van der Waals surface area contributed by atoms with Crippen LogP contribution in [0.25, 0.3) is 0 Å². The maximum Gasteiger partial charge on any atom is 0.416 e. The van der Waals surface area contributed by atoms with Gasteiger partial charge < -0.3 is 10.0 Å². The zero-order valence-electron chi connectivity index (χ0n) is 12.1. The number of rotatable bonds is 5. The lowest BCUT2D eigenvalue weighted by atomic mass is 10.1. The summed E-state index contributed by atoms with van der Waals surface area (Å²) < 4.78 is 38.2. The van der Waals surface area contributed by atoms with Crippen molar-refractivity contribution in [1.29, 1.82) is 0 Å². The molecule has 0 aliphatic carbocycles. The van der Waals surface area contributed by atoms with Gasteiger partial charge in [-0.2, -0.15) is 13.2 Å². The van der Waals surface area contributed by atoms with Gasteiger partial charge in [-0.25, -0.2) is 0 Å². The van der Waals surface area contributed by atoms with Gasteiger partial charge in [-0.3, -0.25) is 9.69 Å². The number of benzene rings is 1. The lowest BCUT2D eigenvalue weighted by molar-refractivity contribution is -0.138. The molecule has 1 N–H and O–H groups in total. The second kappa shape index (κ2) is 7.00. The zero-order chi connectivity index (χ0) is 16.2. The molecule has 1 fully saturated rings. The summed E-state index contributed by atoms with van der Waals surface area (Å²) in [4.78, 5) is 14.6. The lowest BCUT2D eigenvalue weighted by Gasteiger charge is -2.36. The number of carboxylic acid groups (broad SMARTS) is 1. The molecule has 22 heavy (non-hydrogen) atoms. The first-order chi connectivity index (χ1) is 10.4. The fraction of sp³-hybridized carbons (Fsp3) is 0.533. The van der Waals surface area contributed by atoms with E-state index in [1.807, 2.05) is 4.90 Å². The molecule has 122 valence electrons. The molecule has 0 unspecified atom stereocenters. The number of alkyl halides is 3. The summed E-state index contributed by atoms with van der Waals surface area (Å²) in [5.74, 6) is -0.803. The Bertz CT molecular complexity index is 512. The largest absolute Gasteiger partial charge is 0.481 e. The summed E-state index contributed by atoms with van der Waals surface area (Å²) in [6.07, 6.45) is -3.58. The molecule has 1 saturated heterocycles. The molecule has 0 amide bonds. The summed E-state index contributed by atoms with van der Waals surface area (Å²) in [5, 5.41) is 8.61. The molecular weight excluding hydrogens is 297 g/mol. The van der Waals surface area contributed by atoms with Crippen LogP contribution in [0.4, 0.5) is 18.9 Å². The van der Waals surface area contributed by atoms with Crippen LogP contribution in [0.1, 0.15) is 18.4 Å². The fourth-order valence-electron chi connectivity index (χ4n) is 2.56. The number of hydrogen-bond acceptors (Lipinski definition) is 3. The van der Waals surface area contributed by atoms with Gasteiger partial charge in [0.2, 0.25) is 0 Å². The van der Waals surface area contributed by atoms with Gasteiger partial charge in [-0.15, -0.1) is 0 Å². The van der Waals surface area contributed by atoms with Gasteiger partial charge in [0.1, 0.15) is 0 Å². The average Bonchev–Trinajstić information content (AvgIpc) is 2.47. The predicted molar refractivity (Wildman–Crippen MR) is 77.0 cm³/mol. The third-order valence-corrected chi connectivity index (χ3v) is 3.78. The van der Waals surface area contributed by atoms with E-state index in [1.165, 1.54) is 12.1 Å². The van der Waals surface area contributed by atoms with E-state index < -0.39 is 17.7 Å². The number of aliphatic carboxylic acids is 1. The summed E-state index contributed by atoms with van der Waals surface area (Å²) in [7, 11) is 0. The van der Waals surface area contributed by atoms with Crippen LogP contribution >= 0.6 is 0 Å². The number of nitrogens with zero attached hydrogens (tertiary/aromatic N) is 2. The molecule has 0 spiro atoms. The quantitative estimate of drug-likeness (QED) is 0.907. The molecule has 0 atom stereocenters. The van der Waals surface area contributed by atoms with Crippen molar-refractivity contribution in [3.63, 3.8) is 0 Å². The Morgan fingerprint density at radius 3 is 2.45 bits per heavy atom. The van der Waals surface area contributed by atoms with Gasteiger partial charge in [0, 0.05) is 38.3 Å². The second-order valence-corrected chi connectivity index (χ2v) is 5.37. The number of carbonyl (C=O) groups is 1. The highest BCUT2D eigenvalue weighted by Gasteiger charge is 2.31. The molecule has 4 nitrogen and oxygen atoms in total. The molecular formula is C15H19F3N2O2. The molecule has 0 saturated carbocycles. The van der Waals surface area contributed by atoms with Crippen molar-refractivity contribution in [1.82, 2.24) is 4.90 Å². The van der Waals surface area contributed by atoms with Crippen molar-refractivity contribution in [2.75, 3.05) is 37.6 Å². The zero-order valence-corrected chi connectivity index (χ0v) is 12.1. The van der Waals surface area contributed by atoms with Gasteiger partial charge >= 0.3 is 12.1 Å². The number of piperazine rings is 1. The molecule has 1 aromatic rings. The minimum absolute atomic E-state index is 0.147. The highest BCUT2D eigenvalue weighted by molar-refractivity contribution is 5.66. The lowest BCUT2D eigenvalue weighted by Crippen LogP contribution is -2.46. The maximum absolute atomic E-state index is 12.7. The first kappa shape index (κ1) is 16.6. The monoisotopic (exact) mass is 316 g/mol. The van der Waals surface area contributed by atoms with Crippen LogP contribution in [0.15, 0.2) is 24.3 Å². The van der Waals surface area contributed by atoms with Crippen molar-refractivity contribution in [2.45, 2.75) is 19.0 Å². The predicted octanol–water partition coefficient (Wildman–Crippen LogP) is 2.69. The molecule has 0 radical (unpaired) electrons. The first-order valence-electron chi connectivity index (χ1n) is 7.22. The van der Waals surface area contributed by atoms with E-state index in [-0.39, 0.29) is 6.42 Å². The highest BCUT2D eigenvalue weighted by atomic mass is 19.4. The van der Waals surface area contributed by atoms with Crippen molar-refractivity contribution in [3.8, 4) is 0 Å². The van der Waals surface area contributed by atoms with Gasteiger partial charge in [-0.05, 0) is 31.2 Å². The van der Waals surface area contributed by atoms with Crippen molar-refractivity contribution in [3.05, 3.63) is 29.8 Å². The number of carboxylic acids is 1. The standard InChI is InChI=1S/C15H19F3N2O2/c16-15(17,18)12-3-1-4-13(11-12)20-9-7-19(8-10-20)6-2-5-14(21)22/h1,3-4,11H,2,5-10H2,(H,21,22). The van der Waals surface area contributed by atoms with Gasteiger partial charge in [0.15, 0.2) is 0 Å². The summed E-state index contributed by atoms with van der Waals surface area (Å²) >= 11 is 0. The van der Waals surface area contributed by atoms with Crippen LogP contribution in [0.5, 0.6) is 0 Å². The van der Waals surface area contributed by atoms with E-state index in [9.17, 15) is 18.0 Å². The van der Waals surface area contributed by atoms with Crippen LogP contribution in [-0.2, 0) is 11.0 Å². The van der Waals surface area contributed by atoms with E-state index >= 15 is 0 Å². The molecule has 1 aromatic carbocycles. The van der Waals surface area contributed by atoms with E-state index in [0.717, 1.165) is 19.2 Å². The Hall–Kier alpha value is -1.76. The van der Waals surface area contributed by atoms with Gasteiger partial charge in [0.25, 0.3) is 0 Å². The molecule has 1 aliphatic heterocycles. The van der Waals surface area contributed by atoms with Crippen molar-refractivity contribution >= 4 is 11.7 Å². The average molecular weight is 316 g/mol. The molecule has 1 aliphatic rings. The highest BCUT2D eigenvalue weighted by Crippen LogP contribution is 2.31. The van der Waals surface area contributed by atoms with E-state index in [1.54, 1.807) is 6.07 Å². The Balaban J connectivity index is 1.88. The third kappa shape index (κ3) is 4.62. The molecule has 1 heterocycles. The Kier molecular flexibility index (Phi) is 5.28. The summed E-state index contributed by atoms with van der Waals surface area (Å²) in [5.41, 5.74) is -0.0473. The third-order valence-electron chi connectivity index (χ3n) is 3.78. The number of hydrogen-bond donors (Lipinski definition) is 1. The SMILES string of the molecule is O=C(O)CCCN1CCN(c2cccc(C(F)(F)F)c2)CC1. The molecule has 2 rings (SSSR count). The Labute approximate surface area is 127 Å². The van der Waals surface area contributed by atoms with Crippen molar-refractivity contribution in [2.24, 2.45) is 0 Å². The molecule has 0 bridgehead atoms. The first-order valence-corrected chi connectivity index (χ1v) is 7.22. The van der Waals surface area contributed by atoms with Gasteiger partial charge in [-0.1, -0.05) is 6.07 Å². The minimum atomic E-state index is -4.32. The van der Waals surface area contributed by atoms with Crippen LogP contribution < -0.4 is 4.90 Å². The number of anilines is 1. The van der Waals surface area contributed by atoms with E-state index in [0.29, 0.717) is 31.7 Å². The van der Waals surface area contributed by atoms with Crippen LogP contribution in [0, 0.1) is 0 Å². The second-order valence-electron chi connectivity index (χ2n) is 5.37. The Morgan fingerprint density at radius 2 is 1.86 bits per heavy atom. The normalized spacial score (nSPS) is 16.8. The molecule has 7 heteroatoms. The smallest absolute Gasteiger partial charge is 0.416 e. The fourth-order valence-corrected chi connectivity index (χ4v) is 2.56. The summed E-state index contributed by atoms with van der Waals surface area (Å²) in [6.45, 7) is 3.47. The minimum Gasteiger partial charge on any atom is -0.481 e. The van der Waals surface area contributed by atoms with Gasteiger partial charge in [0.05, 0.1) is 5.56 Å². The van der Waals surface area contributed by atoms with E-state index in [4.69, 9.17) is 5.11 Å². The Morgan fingerprint density at radius 1 is 1.18 bits per heavy atom. The topological polar surface area (TPSA) is 43.8 Å². The molecule has 0 aromatic heterocycles. The van der Waals surface area contributed by atoms with Crippen LogP contribution in [0.3, 0.4) is 0 Å².